The number of carboxylic acids is 1. The first-order chi connectivity index (χ1) is 11.6. The number of carboxylic acid groups (broad SMARTS) is 1. The highest BCUT2D eigenvalue weighted by molar-refractivity contribution is 6.09. The SMILES string of the molecule is COc1ccc(C(=O)N2C[C@@H](C(=O)O)c3ccccc32)cc1OC. The zero-order chi connectivity index (χ0) is 17.3. The van der Waals surface area contributed by atoms with Gasteiger partial charge in [0.05, 0.1) is 14.2 Å². The van der Waals surface area contributed by atoms with Crippen LogP contribution in [0.25, 0.3) is 0 Å². The van der Waals surface area contributed by atoms with Gasteiger partial charge >= 0.3 is 5.97 Å². The number of hydrogen-bond donors (Lipinski definition) is 1. The summed E-state index contributed by atoms with van der Waals surface area (Å²) in [6, 6.07) is 12.0. The lowest BCUT2D eigenvalue weighted by molar-refractivity contribution is -0.138. The molecule has 0 spiro atoms. The monoisotopic (exact) mass is 327 g/mol. The summed E-state index contributed by atoms with van der Waals surface area (Å²) in [5, 5.41) is 9.41. The summed E-state index contributed by atoms with van der Waals surface area (Å²) in [4.78, 5) is 25.9. The summed E-state index contributed by atoms with van der Waals surface area (Å²) in [6.45, 7) is 0.113. The summed E-state index contributed by atoms with van der Waals surface area (Å²) in [6.07, 6.45) is 0. The van der Waals surface area contributed by atoms with Gasteiger partial charge in [-0.25, -0.2) is 0 Å². The molecule has 1 amide bonds. The van der Waals surface area contributed by atoms with Crippen molar-refractivity contribution < 1.29 is 24.2 Å². The molecule has 1 aliphatic rings. The van der Waals surface area contributed by atoms with E-state index in [0.717, 1.165) is 0 Å². The predicted octanol–water partition coefficient (Wildman–Crippen LogP) is 2.53. The van der Waals surface area contributed by atoms with Crippen LogP contribution in [0.2, 0.25) is 0 Å². The fourth-order valence-corrected chi connectivity index (χ4v) is 2.94. The predicted molar refractivity (Wildman–Crippen MR) is 88.0 cm³/mol. The molecule has 0 bridgehead atoms. The first-order valence-electron chi connectivity index (χ1n) is 7.42. The van der Waals surface area contributed by atoms with Crippen LogP contribution in [0.5, 0.6) is 11.5 Å². The van der Waals surface area contributed by atoms with Gasteiger partial charge in [0.2, 0.25) is 0 Å². The molecule has 3 rings (SSSR count). The molecule has 0 aliphatic carbocycles. The Hall–Kier alpha value is -3.02. The largest absolute Gasteiger partial charge is 0.493 e. The van der Waals surface area contributed by atoms with Crippen molar-refractivity contribution in [1.82, 2.24) is 0 Å². The van der Waals surface area contributed by atoms with Gasteiger partial charge in [0, 0.05) is 17.8 Å². The summed E-state index contributed by atoms with van der Waals surface area (Å²) >= 11 is 0. The van der Waals surface area contributed by atoms with E-state index in [9.17, 15) is 14.7 Å². The van der Waals surface area contributed by atoms with Gasteiger partial charge in [-0.3, -0.25) is 9.59 Å². The van der Waals surface area contributed by atoms with Crippen LogP contribution < -0.4 is 14.4 Å². The van der Waals surface area contributed by atoms with Crippen molar-refractivity contribution >= 4 is 17.6 Å². The molecule has 2 aromatic carbocycles. The number of benzene rings is 2. The quantitative estimate of drug-likeness (QED) is 0.934. The van der Waals surface area contributed by atoms with Crippen molar-refractivity contribution in [3.63, 3.8) is 0 Å². The number of aliphatic carboxylic acids is 1. The fraction of sp³-hybridized carbons (Fsp3) is 0.222. The topological polar surface area (TPSA) is 76.1 Å². The van der Waals surface area contributed by atoms with Crippen LogP contribution >= 0.6 is 0 Å². The zero-order valence-corrected chi connectivity index (χ0v) is 13.4. The summed E-state index contributed by atoms with van der Waals surface area (Å²) < 4.78 is 10.4. The average molecular weight is 327 g/mol. The zero-order valence-electron chi connectivity index (χ0n) is 13.4. The number of fused-ring (bicyclic) bond motifs is 1. The van der Waals surface area contributed by atoms with E-state index in [-0.39, 0.29) is 12.5 Å². The number of carbonyl (C=O) groups is 2. The van der Waals surface area contributed by atoms with Crippen molar-refractivity contribution in [2.24, 2.45) is 0 Å². The first kappa shape index (κ1) is 15.9. The molecule has 1 N–H and O–H groups in total. The van der Waals surface area contributed by atoms with Crippen LogP contribution in [-0.4, -0.2) is 37.7 Å². The van der Waals surface area contributed by atoms with Gasteiger partial charge in [-0.15, -0.1) is 0 Å². The Kier molecular flexibility index (Phi) is 4.12. The van der Waals surface area contributed by atoms with Gasteiger partial charge in [0.15, 0.2) is 11.5 Å². The molecule has 0 saturated heterocycles. The maximum Gasteiger partial charge on any atom is 0.312 e. The molecule has 6 nitrogen and oxygen atoms in total. The molecule has 0 saturated carbocycles. The summed E-state index contributed by atoms with van der Waals surface area (Å²) in [7, 11) is 3.02. The number of anilines is 1. The van der Waals surface area contributed by atoms with E-state index >= 15 is 0 Å². The van der Waals surface area contributed by atoms with Gasteiger partial charge in [0.1, 0.15) is 5.92 Å². The second-order valence-corrected chi connectivity index (χ2v) is 5.44. The van der Waals surface area contributed by atoms with Gasteiger partial charge in [0.25, 0.3) is 5.91 Å². The number of para-hydroxylation sites is 1. The van der Waals surface area contributed by atoms with Gasteiger partial charge < -0.3 is 19.5 Å². The highest BCUT2D eigenvalue weighted by atomic mass is 16.5. The van der Waals surface area contributed by atoms with Gasteiger partial charge in [-0.1, -0.05) is 18.2 Å². The normalized spacial score (nSPS) is 15.8. The molecular formula is C18H17NO5. The molecule has 1 aliphatic heterocycles. The number of nitrogens with zero attached hydrogens (tertiary/aromatic N) is 1. The number of carbonyl (C=O) groups excluding carboxylic acids is 1. The van der Waals surface area contributed by atoms with Gasteiger partial charge in [-0.05, 0) is 29.8 Å². The third-order valence-corrected chi connectivity index (χ3v) is 4.14. The van der Waals surface area contributed by atoms with Gasteiger partial charge in [-0.2, -0.15) is 0 Å². The molecule has 0 fully saturated rings. The van der Waals surface area contributed by atoms with Crippen LogP contribution in [0.3, 0.4) is 0 Å². The Labute approximate surface area is 139 Å². The minimum Gasteiger partial charge on any atom is -0.493 e. The molecule has 24 heavy (non-hydrogen) atoms. The number of methoxy groups -OCH3 is 2. The molecule has 1 heterocycles. The van der Waals surface area contributed by atoms with Crippen molar-refractivity contribution in [3.05, 3.63) is 53.6 Å². The lowest BCUT2D eigenvalue weighted by Gasteiger charge is -2.18. The minimum atomic E-state index is -0.940. The highest BCUT2D eigenvalue weighted by Gasteiger charge is 2.36. The lowest BCUT2D eigenvalue weighted by atomic mass is 10.0. The smallest absolute Gasteiger partial charge is 0.312 e. The molecular weight excluding hydrogens is 310 g/mol. The second kappa shape index (κ2) is 6.23. The van der Waals surface area contributed by atoms with Crippen LogP contribution in [0, 0.1) is 0 Å². The second-order valence-electron chi connectivity index (χ2n) is 5.44. The van der Waals surface area contributed by atoms with Crippen molar-refractivity contribution in [2.45, 2.75) is 5.92 Å². The van der Waals surface area contributed by atoms with E-state index in [1.807, 2.05) is 0 Å². The van der Waals surface area contributed by atoms with Crippen molar-refractivity contribution in [3.8, 4) is 11.5 Å². The average Bonchev–Trinajstić information content (AvgIpc) is 3.00. The minimum absolute atomic E-state index is 0.113. The van der Waals surface area contributed by atoms with Crippen molar-refractivity contribution in [1.29, 1.82) is 0 Å². The molecule has 0 aromatic heterocycles. The molecule has 0 unspecified atom stereocenters. The van der Waals surface area contributed by atoms with E-state index < -0.39 is 11.9 Å². The Morgan fingerprint density at radius 1 is 1.08 bits per heavy atom. The van der Waals surface area contributed by atoms with E-state index in [1.165, 1.54) is 19.1 Å². The standard InChI is InChI=1S/C18H17NO5/c1-23-15-8-7-11(9-16(15)24-2)17(20)19-10-13(18(21)22)12-5-3-4-6-14(12)19/h3-9,13H,10H2,1-2H3,(H,21,22)/t13-/m1/s1. The molecule has 0 radical (unpaired) electrons. The van der Waals surface area contributed by atoms with Crippen LogP contribution in [0.1, 0.15) is 21.8 Å². The van der Waals surface area contributed by atoms with E-state index in [0.29, 0.717) is 28.3 Å². The fourth-order valence-electron chi connectivity index (χ4n) is 2.94. The Balaban J connectivity index is 1.98. The Morgan fingerprint density at radius 3 is 2.46 bits per heavy atom. The Bertz CT molecular complexity index is 802. The number of hydrogen-bond acceptors (Lipinski definition) is 4. The maximum atomic E-state index is 12.9. The number of ether oxygens (including phenoxy) is 2. The van der Waals surface area contributed by atoms with Crippen molar-refractivity contribution in [2.75, 3.05) is 25.7 Å². The van der Waals surface area contributed by atoms with Crippen LogP contribution in [0.15, 0.2) is 42.5 Å². The Morgan fingerprint density at radius 2 is 1.79 bits per heavy atom. The molecule has 2 aromatic rings. The maximum absolute atomic E-state index is 12.9. The van der Waals surface area contributed by atoms with E-state index in [2.05, 4.69) is 0 Å². The lowest BCUT2D eigenvalue weighted by Crippen LogP contribution is -2.31. The molecule has 6 heteroatoms. The molecule has 1 atom stereocenters. The van der Waals surface area contributed by atoms with E-state index in [1.54, 1.807) is 42.5 Å². The van der Waals surface area contributed by atoms with Crippen LogP contribution in [-0.2, 0) is 4.79 Å². The summed E-state index contributed by atoms with van der Waals surface area (Å²) in [5.41, 5.74) is 1.69. The number of amides is 1. The third kappa shape index (κ3) is 2.56. The summed E-state index contributed by atoms with van der Waals surface area (Å²) in [5.74, 6) is -0.951. The third-order valence-electron chi connectivity index (χ3n) is 4.14. The number of rotatable bonds is 4. The molecule has 124 valence electrons. The first-order valence-corrected chi connectivity index (χ1v) is 7.42. The van der Waals surface area contributed by atoms with Crippen LogP contribution in [0.4, 0.5) is 5.69 Å². The highest BCUT2D eigenvalue weighted by Crippen LogP contribution is 2.37. The van der Waals surface area contributed by atoms with E-state index in [4.69, 9.17) is 9.47 Å².